The van der Waals surface area contributed by atoms with Gasteiger partial charge in [0.1, 0.15) is 5.75 Å². The van der Waals surface area contributed by atoms with Gasteiger partial charge >= 0.3 is 11.9 Å². The van der Waals surface area contributed by atoms with Gasteiger partial charge in [-0.1, -0.05) is 29.8 Å². The summed E-state index contributed by atoms with van der Waals surface area (Å²) in [6.45, 7) is 1.82. The first kappa shape index (κ1) is 15.0. The first-order valence-electron chi connectivity index (χ1n) is 6.23. The van der Waals surface area contributed by atoms with Crippen molar-refractivity contribution in [3.63, 3.8) is 0 Å². The summed E-state index contributed by atoms with van der Waals surface area (Å²) in [7, 11) is 0.906. The smallest absolute Gasteiger partial charge is 0.381 e. The van der Waals surface area contributed by atoms with Gasteiger partial charge in [0.2, 0.25) is 0 Å². The van der Waals surface area contributed by atoms with Crippen LogP contribution in [0.1, 0.15) is 11.1 Å². The molecule has 0 saturated carbocycles. The van der Waals surface area contributed by atoms with E-state index in [-0.39, 0.29) is 11.3 Å². The van der Waals surface area contributed by atoms with Crippen molar-refractivity contribution in [2.24, 2.45) is 0 Å². The number of hydrogen-bond donors (Lipinski definition) is 1. The molecule has 1 N–H and O–H groups in total. The summed E-state index contributed by atoms with van der Waals surface area (Å²) in [5.74, 6) is -5.58. The van der Waals surface area contributed by atoms with Crippen molar-refractivity contribution >= 4 is 5.97 Å². The number of hydrogen-bond acceptors (Lipinski definition) is 3. The number of carbonyl (C=O) groups is 1. The van der Waals surface area contributed by atoms with Crippen LogP contribution in [0.5, 0.6) is 5.75 Å². The lowest BCUT2D eigenvalue weighted by molar-refractivity contribution is -0.170. The van der Waals surface area contributed by atoms with Gasteiger partial charge in [0.05, 0.1) is 7.11 Å². The largest absolute Gasteiger partial charge is 0.508 e. The van der Waals surface area contributed by atoms with Crippen molar-refractivity contribution in [3.05, 3.63) is 53.6 Å². The van der Waals surface area contributed by atoms with Gasteiger partial charge in [-0.3, -0.25) is 0 Å². The van der Waals surface area contributed by atoms with Gasteiger partial charge < -0.3 is 9.84 Å². The van der Waals surface area contributed by atoms with E-state index in [2.05, 4.69) is 4.74 Å². The molecule has 2 aromatic carbocycles. The molecule has 0 saturated heterocycles. The SMILES string of the molecule is COC(=O)C(F)(F)c1ccc(O)cc1-c1cccc(C)c1. The van der Waals surface area contributed by atoms with Gasteiger partial charge in [-0.2, -0.15) is 8.78 Å². The van der Waals surface area contributed by atoms with Gasteiger partial charge in [-0.05, 0) is 36.2 Å². The van der Waals surface area contributed by atoms with Crippen LogP contribution in [0, 0.1) is 6.92 Å². The Bertz CT molecular complexity index is 681. The van der Waals surface area contributed by atoms with Crippen molar-refractivity contribution in [2.45, 2.75) is 12.8 Å². The van der Waals surface area contributed by atoms with Gasteiger partial charge in [-0.25, -0.2) is 4.79 Å². The second-order valence-electron chi connectivity index (χ2n) is 4.67. The van der Waals surface area contributed by atoms with Crippen molar-refractivity contribution < 1.29 is 23.4 Å². The molecular formula is C16H14F2O3. The summed E-state index contributed by atoms with van der Waals surface area (Å²) in [6, 6.07) is 10.2. The van der Waals surface area contributed by atoms with E-state index < -0.39 is 17.5 Å². The molecule has 0 heterocycles. The van der Waals surface area contributed by atoms with E-state index in [0.717, 1.165) is 24.8 Å². The predicted octanol–water partition coefficient (Wildman–Crippen LogP) is 3.63. The number of carbonyl (C=O) groups excluding carboxylic acids is 1. The number of phenolic OH excluding ortho intramolecular Hbond substituents is 1. The number of esters is 1. The molecule has 0 atom stereocenters. The molecule has 2 rings (SSSR count). The van der Waals surface area contributed by atoms with Crippen molar-refractivity contribution in [3.8, 4) is 16.9 Å². The number of halogens is 2. The second-order valence-corrected chi connectivity index (χ2v) is 4.67. The Morgan fingerprint density at radius 3 is 2.52 bits per heavy atom. The van der Waals surface area contributed by atoms with Gasteiger partial charge in [0.15, 0.2) is 0 Å². The number of aromatic hydroxyl groups is 1. The summed E-state index contributed by atoms with van der Waals surface area (Å²) >= 11 is 0. The number of rotatable bonds is 3. The summed E-state index contributed by atoms with van der Waals surface area (Å²) in [5.41, 5.74) is 0.958. The van der Waals surface area contributed by atoms with E-state index >= 15 is 0 Å². The molecule has 110 valence electrons. The first-order chi connectivity index (χ1) is 9.86. The van der Waals surface area contributed by atoms with E-state index in [4.69, 9.17) is 0 Å². The van der Waals surface area contributed by atoms with Gasteiger partial charge in [-0.15, -0.1) is 0 Å². The summed E-state index contributed by atoms with van der Waals surface area (Å²) in [5, 5.41) is 9.57. The van der Waals surface area contributed by atoms with E-state index in [0.29, 0.717) is 5.56 Å². The highest BCUT2D eigenvalue weighted by Gasteiger charge is 2.44. The maximum absolute atomic E-state index is 14.2. The molecule has 3 nitrogen and oxygen atoms in total. The number of alkyl halides is 2. The molecule has 0 spiro atoms. The molecule has 21 heavy (non-hydrogen) atoms. The summed E-state index contributed by atoms with van der Waals surface area (Å²) in [4.78, 5) is 11.3. The molecule has 0 unspecified atom stereocenters. The minimum atomic E-state index is -3.79. The highest BCUT2D eigenvalue weighted by molar-refractivity contribution is 5.84. The zero-order chi connectivity index (χ0) is 15.6. The lowest BCUT2D eigenvalue weighted by Gasteiger charge is -2.18. The minimum absolute atomic E-state index is 0.0918. The van der Waals surface area contributed by atoms with E-state index in [1.54, 1.807) is 18.2 Å². The molecule has 0 amide bonds. The number of ether oxygens (including phenoxy) is 1. The zero-order valence-electron chi connectivity index (χ0n) is 11.6. The lowest BCUT2D eigenvalue weighted by Crippen LogP contribution is -2.27. The number of benzene rings is 2. The predicted molar refractivity (Wildman–Crippen MR) is 74.2 cm³/mol. The normalized spacial score (nSPS) is 11.2. The fraction of sp³-hybridized carbons (Fsp3) is 0.188. The van der Waals surface area contributed by atoms with E-state index in [1.807, 2.05) is 13.0 Å². The number of methoxy groups -OCH3 is 1. The maximum atomic E-state index is 14.2. The fourth-order valence-electron chi connectivity index (χ4n) is 2.10. The topological polar surface area (TPSA) is 46.5 Å². The van der Waals surface area contributed by atoms with Crippen LogP contribution >= 0.6 is 0 Å². The highest BCUT2D eigenvalue weighted by Crippen LogP contribution is 2.38. The highest BCUT2D eigenvalue weighted by atomic mass is 19.3. The van der Waals surface area contributed by atoms with Crippen molar-refractivity contribution in [1.29, 1.82) is 0 Å². The van der Waals surface area contributed by atoms with E-state index in [1.165, 1.54) is 6.07 Å². The third kappa shape index (κ3) is 2.86. The van der Waals surface area contributed by atoms with Gasteiger partial charge in [0.25, 0.3) is 0 Å². The molecule has 0 aliphatic heterocycles. The van der Waals surface area contributed by atoms with Crippen LogP contribution in [0.3, 0.4) is 0 Å². The molecule has 0 aliphatic carbocycles. The van der Waals surface area contributed by atoms with Crippen LogP contribution < -0.4 is 0 Å². The second kappa shape index (κ2) is 5.52. The Kier molecular flexibility index (Phi) is 3.93. The van der Waals surface area contributed by atoms with Crippen LogP contribution in [0.4, 0.5) is 8.78 Å². The number of aryl methyl sites for hydroxylation is 1. The molecule has 2 aromatic rings. The minimum Gasteiger partial charge on any atom is -0.508 e. The average molecular weight is 292 g/mol. The standard InChI is InChI=1S/C16H14F2O3/c1-10-4-3-5-11(8-10)13-9-12(19)6-7-14(13)16(17,18)15(20)21-2/h3-9,19H,1-2H3. The average Bonchev–Trinajstić information content (AvgIpc) is 2.46. The molecule has 0 bridgehead atoms. The van der Waals surface area contributed by atoms with Crippen LogP contribution in [-0.2, 0) is 15.5 Å². The van der Waals surface area contributed by atoms with E-state index in [9.17, 15) is 18.7 Å². The Morgan fingerprint density at radius 2 is 1.90 bits per heavy atom. The van der Waals surface area contributed by atoms with Crippen LogP contribution in [-0.4, -0.2) is 18.2 Å². The molecule has 5 heteroatoms. The Balaban J connectivity index is 2.66. The van der Waals surface area contributed by atoms with Gasteiger partial charge in [0, 0.05) is 5.56 Å². The number of phenols is 1. The van der Waals surface area contributed by atoms with Crippen LogP contribution in [0.15, 0.2) is 42.5 Å². The van der Waals surface area contributed by atoms with Crippen LogP contribution in [0.25, 0.3) is 11.1 Å². The molecule has 0 radical (unpaired) electrons. The molecule has 0 aliphatic rings. The Morgan fingerprint density at radius 1 is 1.19 bits per heavy atom. The quantitative estimate of drug-likeness (QED) is 0.879. The Hall–Kier alpha value is -2.43. The first-order valence-corrected chi connectivity index (χ1v) is 6.23. The Labute approximate surface area is 120 Å². The zero-order valence-corrected chi connectivity index (χ0v) is 11.6. The third-order valence-electron chi connectivity index (χ3n) is 3.11. The fourth-order valence-corrected chi connectivity index (χ4v) is 2.10. The molecular weight excluding hydrogens is 278 g/mol. The van der Waals surface area contributed by atoms with Crippen molar-refractivity contribution in [2.75, 3.05) is 7.11 Å². The molecule has 0 aromatic heterocycles. The maximum Gasteiger partial charge on any atom is 0.381 e. The summed E-state index contributed by atoms with van der Waals surface area (Å²) < 4.78 is 32.5. The molecule has 0 fully saturated rings. The third-order valence-corrected chi connectivity index (χ3v) is 3.11. The summed E-state index contributed by atoms with van der Waals surface area (Å²) in [6.07, 6.45) is 0. The van der Waals surface area contributed by atoms with Crippen molar-refractivity contribution in [1.82, 2.24) is 0 Å². The van der Waals surface area contributed by atoms with Crippen LogP contribution in [0.2, 0.25) is 0 Å². The monoisotopic (exact) mass is 292 g/mol. The lowest BCUT2D eigenvalue weighted by atomic mass is 9.94.